The van der Waals surface area contributed by atoms with Crippen molar-refractivity contribution in [3.8, 4) is 0 Å². The molecule has 3 heterocycles. The Morgan fingerprint density at radius 2 is 2.05 bits per heavy atom. The van der Waals surface area contributed by atoms with Gasteiger partial charge in [0.1, 0.15) is 0 Å². The van der Waals surface area contributed by atoms with Crippen molar-refractivity contribution in [2.45, 2.75) is 25.2 Å². The highest BCUT2D eigenvalue weighted by molar-refractivity contribution is 5.54. The predicted octanol–water partition coefficient (Wildman–Crippen LogP) is 2.42. The van der Waals surface area contributed by atoms with Gasteiger partial charge >= 0.3 is 0 Å². The van der Waals surface area contributed by atoms with Crippen molar-refractivity contribution in [1.82, 2.24) is 10.1 Å². The minimum Gasteiger partial charge on any atom is -0.384 e. The van der Waals surface area contributed by atoms with Gasteiger partial charge in [0.25, 0.3) is 5.95 Å². The van der Waals surface area contributed by atoms with Crippen molar-refractivity contribution in [1.29, 1.82) is 0 Å². The number of para-hydroxylation sites is 1. The molecule has 0 spiro atoms. The average Bonchev–Trinajstić information content (AvgIpc) is 3.17. The lowest BCUT2D eigenvalue weighted by Crippen LogP contribution is -2.22. The summed E-state index contributed by atoms with van der Waals surface area (Å²) >= 11 is 0. The van der Waals surface area contributed by atoms with Crippen LogP contribution in [0.2, 0.25) is 0 Å². The molecule has 1 aromatic carbocycles. The van der Waals surface area contributed by atoms with Crippen LogP contribution in [0.3, 0.4) is 0 Å². The molecule has 1 N–H and O–H groups in total. The molecule has 104 valence electrons. The van der Waals surface area contributed by atoms with E-state index in [-0.39, 0.29) is 5.92 Å². The molecule has 1 aromatic heterocycles. The molecule has 2 aliphatic rings. The van der Waals surface area contributed by atoms with Gasteiger partial charge in [0.05, 0.1) is 5.92 Å². The van der Waals surface area contributed by atoms with Crippen molar-refractivity contribution in [2.24, 2.45) is 0 Å². The maximum atomic E-state index is 5.49. The first kappa shape index (κ1) is 11.8. The second kappa shape index (κ2) is 4.81. The number of hydrogen-bond donors (Lipinski definition) is 1. The van der Waals surface area contributed by atoms with Gasteiger partial charge in [0.15, 0.2) is 0 Å². The van der Waals surface area contributed by atoms with Gasteiger partial charge in [-0.15, -0.1) is 0 Å². The van der Waals surface area contributed by atoms with Crippen LogP contribution in [0.5, 0.6) is 0 Å². The van der Waals surface area contributed by atoms with E-state index in [4.69, 9.17) is 4.52 Å². The fraction of sp³-hybridized carbons (Fsp3) is 0.467. The summed E-state index contributed by atoms with van der Waals surface area (Å²) in [6.45, 7) is 2.95. The van der Waals surface area contributed by atoms with Gasteiger partial charge < -0.3 is 14.7 Å². The Morgan fingerprint density at radius 1 is 1.20 bits per heavy atom. The summed E-state index contributed by atoms with van der Waals surface area (Å²) in [5.74, 6) is 1.79. The van der Waals surface area contributed by atoms with Gasteiger partial charge in [-0.05, 0) is 36.0 Å². The van der Waals surface area contributed by atoms with E-state index >= 15 is 0 Å². The largest absolute Gasteiger partial charge is 0.384 e. The number of benzene rings is 1. The quantitative estimate of drug-likeness (QED) is 0.908. The van der Waals surface area contributed by atoms with Crippen LogP contribution in [0.15, 0.2) is 28.8 Å². The van der Waals surface area contributed by atoms with Crippen molar-refractivity contribution >= 4 is 11.6 Å². The molecule has 2 aliphatic heterocycles. The first-order valence-electron chi connectivity index (χ1n) is 7.30. The summed E-state index contributed by atoms with van der Waals surface area (Å²) in [6, 6.07) is 8.41. The van der Waals surface area contributed by atoms with Crippen molar-refractivity contribution in [3.63, 3.8) is 0 Å². The van der Waals surface area contributed by atoms with Gasteiger partial charge in [-0.1, -0.05) is 18.2 Å². The molecule has 1 saturated heterocycles. The topological polar surface area (TPSA) is 54.2 Å². The lowest BCUT2D eigenvalue weighted by atomic mass is 9.94. The molecule has 0 bridgehead atoms. The highest BCUT2D eigenvalue weighted by atomic mass is 16.5. The number of nitrogens with zero attached hydrogens (tertiary/aromatic N) is 3. The Balaban J connectivity index is 1.54. The van der Waals surface area contributed by atoms with Crippen molar-refractivity contribution in [3.05, 3.63) is 35.7 Å². The molecule has 0 saturated carbocycles. The van der Waals surface area contributed by atoms with Gasteiger partial charge in [0.2, 0.25) is 5.89 Å². The Kier molecular flexibility index (Phi) is 2.83. The van der Waals surface area contributed by atoms with E-state index in [0.717, 1.165) is 37.9 Å². The number of anilines is 2. The zero-order valence-electron chi connectivity index (χ0n) is 11.4. The van der Waals surface area contributed by atoms with Crippen LogP contribution in [0, 0.1) is 0 Å². The monoisotopic (exact) mass is 270 g/mol. The number of aromatic nitrogens is 2. The summed E-state index contributed by atoms with van der Waals surface area (Å²) in [4.78, 5) is 6.80. The third-order valence-corrected chi connectivity index (χ3v) is 4.19. The van der Waals surface area contributed by atoms with Crippen LogP contribution < -0.4 is 10.2 Å². The van der Waals surface area contributed by atoms with Crippen LogP contribution in [0.4, 0.5) is 11.6 Å². The summed E-state index contributed by atoms with van der Waals surface area (Å²) in [6.07, 6.45) is 3.41. The fourth-order valence-electron chi connectivity index (χ4n) is 3.05. The molecule has 4 rings (SSSR count). The van der Waals surface area contributed by atoms with Crippen LogP contribution in [-0.2, 0) is 6.42 Å². The summed E-state index contributed by atoms with van der Waals surface area (Å²) < 4.78 is 5.49. The standard InChI is InChI=1S/C15H18N4O/c1-2-6-13-11(5-1)9-12(10-16-13)14-17-15(18-20-14)19-7-3-4-8-19/h1-2,5-6,12,16H,3-4,7-10H2. The molecule has 5 nitrogen and oxygen atoms in total. The minimum absolute atomic E-state index is 0.272. The molecule has 5 heteroatoms. The zero-order chi connectivity index (χ0) is 13.4. The van der Waals surface area contributed by atoms with E-state index in [2.05, 4.69) is 44.6 Å². The maximum absolute atomic E-state index is 5.49. The van der Waals surface area contributed by atoms with Crippen LogP contribution in [-0.4, -0.2) is 29.8 Å². The smallest absolute Gasteiger partial charge is 0.266 e. The maximum Gasteiger partial charge on any atom is 0.266 e. The zero-order valence-corrected chi connectivity index (χ0v) is 11.4. The van der Waals surface area contributed by atoms with Gasteiger partial charge in [-0.2, -0.15) is 4.98 Å². The van der Waals surface area contributed by atoms with Crippen LogP contribution in [0.1, 0.15) is 30.2 Å². The second-order valence-electron chi connectivity index (χ2n) is 5.57. The molecular weight excluding hydrogens is 252 g/mol. The van der Waals surface area contributed by atoms with Gasteiger partial charge in [0, 0.05) is 25.3 Å². The fourth-order valence-corrected chi connectivity index (χ4v) is 3.05. The molecule has 0 radical (unpaired) electrons. The highest BCUT2D eigenvalue weighted by Gasteiger charge is 2.26. The molecule has 2 aromatic rings. The molecule has 0 amide bonds. The van der Waals surface area contributed by atoms with E-state index < -0.39 is 0 Å². The molecule has 1 atom stereocenters. The van der Waals surface area contributed by atoms with Crippen LogP contribution in [0.25, 0.3) is 0 Å². The number of hydrogen-bond acceptors (Lipinski definition) is 5. The second-order valence-corrected chi connectivity index (χ2v) is 5.57. The Bertz CT molecular complexity index is 603. The lowest BCUT2D eigenvalue weighted by Gasteiger charge is -2.23. The summed E-state index contributed by atoms with van der Waals surface area (Å²) in [7, 11) is 0. The number of fused-ring (bicyclic) bond motifs is 1. The molecule has 0 aliphatic carbocycles. The molecule has 20 heavy (non-hydrogen) atoms. The van der Waals surface area contributed by atoms with E-state index in [1.807, 2.05) is 0 Å². The van der Waals surface area contributed by atoms with Gasteiger partial charge in [-0.3, -0.25) is 0 Å². The third-order valence-electron chi connectivity index (χ3n) is 4.19. The van der Waals surface area contributed by atoms with Crippen LogP contribution >= 0.6 is 0 Å². The Morgan fingerprint density at radius 3 is 2.95 bits per heavy atom. The molecule has 1 fully saturated rings. The summed E-state index contributed by atoms with van der Waals surface area (Å²) in [5.41, 5.74) is 2.55. The third kappa shape index (κ3) is 2.03. The van der Waals surface area contributed by atoms with E-state index in [9.17, 15) is 0 Å². The number of rotatable bonds is 2. The Labute approximate surface area is 118 Å². The number of nitrogens with one attached hydrogen (secondary N) is 1. The van der Waals surface area contributed by atoms with Crippen molar-refractivity contribution in [2.75, 3.05) is 29.9 Å². The molecule has 1 unspecified atom stereocenters. The first-order valence-corrected chi connectivity index (χ1v) is 7.30. The normalized spacial score (nSPS) is 21.6. The minimum atomic E-state index is 0.272. The van der Waals surface area contributed by atoms with Gasteiger partial charge in [-0.25, -0.2) is 0 Å². The van der Waals surface area contributed by atoms with E-state index in [1.54, 1.807) is 0 Å². The SMILES string of the molecule is c1ccc2c(c1)CC(c1nc(N3CCCC3)no1)CN2. The highest BCUT2D eigenvalue weighted by Crippen LogP contribution is 2.30. The van der Waals surface area contributed by atoms with Crippen molar-refractivity contribution < 1.29 is 4.52 Å². The predicted molar refractivity (Wildman–Crippen MR) is 77.1 cm³/mol. The lowest BCUT2D eigenvalue weighted by molar-refractivity contribution is 0.353. The first-order chi connectivity index (χ1) is 9.90. The Hall–Kier alpha value is -2.04. The van der Waals surface area contributed by atoms with E-state index in [0.29, 0.717) is 0 Å². The molecular formula is C15H18N4O. The summed E-state index contributed by atoms with van der Waals surface area (Å²) in [5, 5.41) is 7.59. The average molecular weight is 270 g/mol. The van der Waals surface area contributed by atoms with E-state index in [1.165, 1.54) is 24.1 Å².